The lowest BCUT2D eigenvalue weighted by molar-refractivity contribution is 0.00669. The van der Waals surface area contributed by atoms with E-state index in [0.29, 0.717) is 17.5 Å². The van der Waals surface area contributed by atoms with E-state index in [2.05, 4.69) is 37.5 Å². The van der Waals surface area contributed by atoms with Crippen molar-refractivity contribution in [1.29, 1.82) is 0 Å². The molecule has 1 fully saturated rings. The fourth-order valence-electron chi connectivity index (χ4n) is 4.43. The number of piperidine rings is 1. The van der Waals surface area contributed by atoms with Gasteiger partial charge in [-0.3, -0.25) is 0 Å². The SMILES string of the molecule is CC(C)(C)OC(=O)c1c(Br)cc2c3c1[C@@H]1CNCC[C@@H]1N3CCCN2. The molecule has 136 valence electrons. The average Bonchev–Trinajstić information content (AvgIpc) is 2.70. The van der Waals surface area contributed by atoms with E-state index in [1.165, 1.54) is 5.69 Å². The van der Waals surface area contributed by atoms with Crippen molar-refractivity contribution in [2.75, 3.05) is 36.4 Å². The maximum atomic E-state index is 13.0. The Morgan fingerprint density at radius 3 is 2.92 bits per heavy atom. The number of nitrogens with one attached hydrogen (secondary N) is 2. The first-order chi connectivity index (χ1) is 11.9. The van der Waals surface area contributed by atoms with Crippen LogP contribution in [-0.2, 0) is 4.74 Å². The first-order valence-electron chi connectivity index (χ1n) is 9.18. The molecular formula is C19H26BrN3O2. The number of hydrogen-bond acceptors (Lipinski definition) is 5. The van der Waals surface area contributed by atoms with Gasteiger partial charge < -0.3 is 20.3 Å². The highest BCUT2D eigenvalue weighted by molar-refractivity contribution is 9.10. The highest BCUT2D eigenvalue weighted by Gasteiger charge is 2.45. The van der Waals surface area contributed by atoms with Crippen molar-refractivity contribution in [2.24, 2.45) is 0 Å². The smallest absolute Gasteiger partial charge is 0.340 e. The van der Waals surface area contributed by atoms with Gasteiger partial charge in [-0.05, 0) is 67.7 Å². The van der Waals surface area contributed by atoms with E-state index in [0.717, 1.165) is 54.7 Å². The predicted molar refractivity (Wildman–Crippen MR) is 104 cm³/mol. The Bertz CT molecular complexity index is 714. The lowest BCUT2D eigenvalue weighted by Crippen LogP contribution is -2.44. The van der Waals surface area contributed by atoms with Crippen molar-refractivity contribution >= 4 is 33.3 Å². The van der Waals surface area contributed by atoms with Crippen LogP contribution in [0.15, 0.2) is 10.5 Å². The molecule has 0 amide bonds. The van der Waals surface area contributed by atoms with Gasteiger partial charge in [0.2, 0.25) is 0 Å². The highest BCUT2D eigenvalue weighted by Crippen LogP contribution is 2.51. The summed E-state index contributed by atoms with van der Waals surface area (Å²) in [5, 5.41) is 7.07. The zero-order valence-corrected chi connectivity index (χ0v) is 16.7. The minimum atomic E-state index is -0.503. The van der Waals surface area contributed by atoms with E-state index >= 15 is 0 Å². The molecule has 2 atom stereocenters. The van der Waals surface area contributed by atoms with Crippen molar-refractivity contribution in [3.8, 4) is 0 Å². The van der Waals surface area contributed by atoms with Crippen molar-refractivity contribution < 1.29 is 9.53 Å². The van der Waals surface area contributed by atoms with Gasteiger partial charge in [0.1, 0.15) is 5.60 Å². The van der Waals surface area contributed by atoms with Crippen LogP contribution < -0.4 is 15.5 Å². The largest absolute Gasteiger partial charge is 0.456 e. The van der Waals surface area contributed by atoms with E-state index in [4.69, 9.17) is 4.74 Å². The quantitative estimate of drug-likeness (QED) is 0.697. The maximum Gasteiger partial charge on any atom is 0.340 e. The number of esters is 1. The summed E-state index contributed by atoms with van der Waals surface area (Å²) < 4.78 is 6.57. The molecular weight excluding hydrogens is 382 g/mol. The zero-order chi connectivity index (χ0) is 17.8. The first kappa shape index (κ1) is 17.2. The molecule has 1 aromatic carbocycles. The summed E-state index contributed by atoms with van der Waals surface area (Å²) >= 11 is 3.66. The Balaban J connectivity index is 1.88. The molecule has 3 aliphatic rings. The molecule has 4 rings (SSSR count). The van der Waals surface area contributed by atoms with Crippen LogP contribution in [0, 0.1) is 0 Å². The second-order valence-corrected chi connectivity index (χ2v) is 9.04. The van der Waals surface area contributed by atoms with Gasteiger partial charge in [0.05, 0.1) is 16.9 Å². The number of benzene rings is 1. The monoisotopic (exact) mass is 407 g/mol. The number of nitrogens with zero attached hydrogens (tertiary/aromatic N) is 1. The van der Waals surface area contributed by atoms with Gasteiger partial charge in [0, 0.05) is 36.1 Å². The molecule has 6 heteroatoms. The number of fused-ring (bicyclic) bond motifs is 3. The molecule has 25 heavy (non-hydrogen) atoms. The molecule has 3 heterocycles. The van der Waals surface area contributed by atoms with Crippen LogP contribution in [0.2, 0.25) is 0 Å². The van der Waals surface area contributed by atoms with E-state index in [-0.39, 0.29) is 5.97 Å². The highest BCUT2D eigenvalue weighted by atomic mass is 79.9. The maximum absolute atomic E-state index is 13.0. The Hall–Kier alpha value is -1.27. The number of carbonyl (C=O) groups excluding carboxylic acids is 1. The van der Waals surface area contributed by atoms with Crippen molar-refractivity contribution in [3.05, 3.63) is 21.7 Å². The van der Waals surface area contributed by atoms with Crippen molar-refractivity contribution in [1.82, 2.24) is 5.32 Å². The van der Waals surface area contributed by atoms with Crippen LogP contribution in [0.1, 0.15) is 55.5 Å². The molecule has 0 saturated carbocycles. The van der Waals surface area contributed by atoms with Crippen molar-refractivity contribution in [2.45, 2.75) is 51.2 Å². The van der Waals surface area contributed by atoms with Gasteiger partial charge in [-0.2, -0.15) is 0 Å². The standard InChI is InChI=1S/C19H26BrN3O2/c1-19(2,3)25-18(24)16-12(20)9-13-17-15(16)11-10-21-7-5-14(11)23(17)8-4-6-22-13/h9,11,14,21-22H,4-8,10H2,1-3H3/t11-,14+/m1/s1. The van der Waals surface area contributed by atoms with E-state index in [1.807, 2.05) is 20.8 Å². The van der Waals surface area contributed by atoms with Crippen LogP contribution >= 0.6 is 15.9 Å². The van der Waals surface area contributed by atoms with Crippen LogP contribution in [0.4, 0.5) is 11.4 Å². The lowest BCUT2D eigenvalue weighted by Gasteiger charge is -2.33. The van der Waals surface area contributed by atoms with Gasteiger partial charge in [-0.15, -0.1) is 0 Å². The van der Waals surface area contributed by atoms with Gasteiger partial charge in [-0.1, -0.05) is 0 Å². The molecule has 0 aliphatic carbocycles. The molecule has 0 unspecified atom stereocenters. The summed E-state index contributed by atoms with van der Waals surface area (Å²) in [6, 6.07) is 2.53. The number of hydrogen-bond donors (Lipinski definition) is 2. The fraction of sp³-hybridized carbons (Fsp3) is 0.632. The molecule has 3 aliphatic heterocycles. The van der Waals surface area contributed by atoms with Gasteiger partial charge >= 0.3 is 5.97 Å². The van der Waals surface area contributed by atoms with Crippen LogP contribution in [-0.4, -0.2) is 43.8 Å². The zero-order valence-electron chi connectivity index (χ0n) is 15.1. The van der Waals surface area contributed by atoms with E-state index < -0.39 is 5.60 Å². The summed E-state index contributed by atoms with van der Waals surface area (Å²) in [5.74, 6) is 0.106. The molecule has 1 saturated heterocycles. The molecule has 5 nitrogen and oxygen atoms in total. The minimum Gasteiger partial charge on any atom is -0.456 e. The lowest BCUT2D eigenvalue weighted by atomic mass is 9.87. The van der Waals surface area contributed by atoms with Crippen molar-refractivity contribution in [3.63, 3.8) is 0 Å². The number of rotatable bonds is 1. The number of halogens is 1. The summed E-state index contributed by atoms with van der Waals surface area (Å²) in [7, 11) is 0. The average molecular weight is 408 g/mol. The summed E-state index contributed by atoms with van der Waals surface area (Å²) in [6.45, 7) is 9.72. The van der Waals surface area contributed by atoms with Crippen LogP contribution in [0.3, 0.4) is 0 Å². The first-order valence-corrected chi connectivity index (χ1v) is 9.97. The second-order valence-electron chi connectivity index (χ2n) is 8.19. The second kappa shape index (κ2) is 6.16. The third kappa shape index (κ3) is 2.93. The third-order valence-electron chi connectivity index (χ3n) is 5.29. The van der Waals surface area contributed by atoms with E-state index in [1.54, 1.807) is 0 Å². The summed E-state index contributed by atoms with van der Waals surface area (Å²) in [5.41, 5.74) is 3.72. The Morgan fingerprint density at radius 2 is 2.16 bits per heavy atom. The molecule has 0 radical (unpaired) electrons. The van der Waals surface area contributed by atoms with E-state index in [9.17, 15) is 4.79 Å². The van der Waals surface area contributed by atoms with Gasteiger partial charge in [0.15, 0.2) is 0 Å². The van der Waals surface area contributed by atoms with Crippen LogP contribution in [0.25, 0.3) is 0 Å². The topological polar surface area (TPSA) is 53.6 Å². The fourth-order valence-corrected chi connectivity index (χ4v) is 5.03. The Labute approximate surface area is 157 Å². The number of anilines is 2. The molecule has 2 N–H and O–H groups in total. The molecule has 0 bridgehead atoms. The third-order valence-corrected chi connectivity index (χ3v) is 5.91. The minimum absolute atomic E-state index is 0.229. The number of carbonyl (C=O) groups is 1. The van der Waals surface area contributed by atoms with Gasteiger partial charge in [-0.25, -0.2) is 4.79 Å². The summed E-state index contributed by atoms with van der Waals surface area (Å²) in [4.78, 5) is 15.6. The Morgan fingerprint density at radius 1 is 1.36 bits per heavy atom. The van der Waals surface area contributed by atoms with Crippen LogP contribution in [0.5, 0.6) is 0 Å². The summed E-state index contributed by atoms with van der Waals surface area (Å²) in [6.07, 6.45) is 2.23. The predicted octanol–water partition coefficient (Wildman–Crippen LogP) is 3.49. The Kier molecular flexibility index (Phi) is 4.23. The molecule has 0 spiro atoms. The normalized spacial score (nSPS) is 24.9. The number of ether oxygens (including phenoxy) is 1. The molecule has 0 aromatic heterocycles. The van der Waals surface area contributed by atoms with Gasteiger partial charge in [0.25, 0.3) is 0 Å². The molecule has 1 aromatic rings.